The third kappa shape index (κ3) is 4.56. The second-order valence-corrected chi connectivity index (χ2v) is 8.41. The zero-order valence-electron chi connectivity index (χ0n) is 17.3. The van der Waals surface area contributed by atoms with Gasteiger partial charge in [0.25, 0.3) is 5.56 Å². The van der Waals surface area contributed by atoms with E-state index in [1.807, 2.05) is 36.6 Å². The van der Waals surface area contributed by atoms with Crippen LogP contribution in [0.4, 0.5) is 4.39 Å². The van der Waals surface area contributed by atoms with E-state index < -0.39 is 0 Å². The van der Waals surface area contributed by atoms with Crippen LogP contribution in [0.15, 0.2) is 59.0 Å². The average molecular weight is 436 g/mol. The molecule has 4 rings (SSSR count). The van der Waals surface area contributed by atoms with Gasteiger partial charge in [0.2, 0.25) is 5.91 Å². The summed E-state index contributed by atoms with van der Waals surface area (Å²) < 4.78 is 14.8. The predicted molar refractivity (Wildman–Crippen MR) is 122 cm³/mol. The first-order valence-electron chi connectivity index (χ1n) is 9.98. The van der Waals surface area contributed by atoms with E-state index in [9.17, 15) is 14.0 Å². The molecule has 0 aliphatic heterocycles. The molecule has 158 valence electrons. The van der Waals surface area contributed by atoms with Crippen LogP contribution in [0, 0.1) is 19.7 Å². The SMILES string of the molecule is Cc1ccc(-c2csc3ncn(CCC(=O)NCc4ccc(F)c(C)c4)c(=O)c23)cc1. The molecule has 0 saturated carbocycles. The number of hydrogen-bond acceptors (Lipinski definition) is 4. The number of halogens is 1. The van der Waals surface area contributed by atoms with Gasteiger partial charge in [-0.15, -0.1) is 11.3 Å². The Balaban J connectivity index is 1.47. The summed E-state index contributed by atoms with van der Waals surface area (Å²) in [7, 11) is 0. The van der Waals surface area contributed by atoms with Crippen molar-refractivity contribution in [1.29, 1.82) is 0 Å². The van der Waals surface area contributed by atoms with Crippen molar-refractivity contribution in [3.63, 3.8) is 0 Å². The fourth-order valence-corrected chi connectivity index (χ4v) is 4.31. The molecule has 7 heteroatoms. The minimum atomic E-state index is -0.268. The van der Waals surface area contributed by atoms with Gasteiger partial charge < -0.3 is 5.32 Å². The summed E-state index contributed by atoms with van der Waals surface area (Å²) in [5.74, 6) is -0.450. The van der Waals surface area contributed by atoms with Crippen molar-refractivity contribution in [3.8, 4) is 11.1 Å². The molecule has 2 heterocycles. The molecular formula is C24H22FN3O2S. The summed E-state index contributed by atoms with van der Waals surface area (Å²) in [5.41, 5.74) is 4.21. The van der Waals surface area contributed by atoms with Gasteiger partial charge in [-0.3, -0.25) is 14.2 Å². The van der Waals surface area contributed by atoms with Crippen molar-refractivity contribution in [2.45, 2.75) is 33.4 Å². The molecule has 31 heavy (non-hydrogen) atoms. The first-order chi connectivity index (χ1) is 14.9. The van der Waals surface area contributed by atoms with Gasteiger partial charge in [0.1, 0.15) is 10.6 Å². The van der Waals surface area contributed by atoms with Crippen molar-refractivity contribution >= 4 is 27.5 Å². The molecule has 4 aromatic rings. The van der Waals surface area contributed by atoms with E-state index in [2.05, 4.69) is 10.3 Å². The number of carbonyl (C=O) groups excluding carboxylic acids is 1. The maximum absolute atomic E-state index is 13.4. The molecule has 0 radical (unpaired) electrons. The summed E-state index contributed by atoms with van der Waals surface area (Å²) in [6, 6.07) is 12.8. The molecule has 5 nitrogen and oxygen atoms in total. The fraction of sp³-hybridized carbons (Fsp3) is 0.208. The second kappa shape index (κ2) is 8.81. The van der Waals surface area contributed by atoms with E-state index in [1.54, 1.807) is 19.1 Å². The van der Waals surface area contributed by atoms with Crippen molar-refractivity contribution in [1.82, 2.24) is 14.9 Å². The Morgan fingerprint density at radius 2 is 1.94 bits per heavy atom. The van der Waals surface area contributed by atoms with E-state index in [0.717, 1.165) is 22.3 Å². The quantitative estimate of drug-likeness (QED) is 0.482. The molecule has 0 unspecified atom stereocenters. The van der Waals surface area contributed by atoms with Gasteiger partial charge in [-0.05, 0) is 36.6 Å². The highest BCUT2D eigenvalue weighted by molar-refractivity contribution is 7.17. The Morgan fingerprint density at radius 1 is 1.16 bits per heavy atom. The average Bonchev–Trinajstić information content (AvgIpc) is 3.19. The van der Waals surface area contributed by atoms with E-state index in [-0.39, 0.29) is 30.2 Å². The van der Waals surface area contributed by atoms with Crippen molar-refractivity contribution < 1.29 is 9.18 Å². The molecular weight excluding hydrogens is 413 g/mol. The number of carbonyl (C=O) groups is 1. The molecule has 0 fully saturated rings. The summed E-state index contributed by atoms with van der Waals surface area (Å²) in [4.78, 5) is 30.4. The summed E-state index contributed by atoms with van der Waals surface area (Å²) in [5, 5.41) is 5.35. The molecule has 0 spiro atoms. The first kappa shape index (κ1) is 20.9. The summed E-state index contributed by atoms with van der Waals surface area (Å²) in [6.07, 6.45) is 1.65. The normalized spacial score (nSPS) is 11.1. The molecule has 0 aliphatic rings. The zero-order valence-corrected chi connectivity index (χ0v) is 18.1. The monoisotopic (exact) mass is 435 g/mol. The van der Waals surface area contributed by atoms with Gasteiger partial charge in [-0.25, -0.2) is 9.37 Å². The molecule has 2 aromatic carbocycles. The van der Waals surface area contributed by atoms with Crippen LogP contribution in [0.1, 0.15) is 23.1 Å². The Hall–Kier alpha value is -3.32. The lowest BCUT2D eigenvalue weighted by atomic mass is 10.1. The minimum absolute atomic E-state index is 0.149. The predicted octanol–water partition coefficient (Wildman–Crippen LogP) is 4.59. The van der Waals surface area contributed by atoms with Crippen LogP contribution in [0.5, 0.6) is 0 Å². The molecule has 0 saturated heterocycles. The maximum Gasteiger partial charge on any atom is 0.262 e. The molecule has 1 N–H and O–H groups in total. The minimum Gasteiger partial charge on any atom is -0.352 e. The highest BCUT2D eigenvalue weighted by Gasteiger charge is 2.14. The van der Waals surface area contributed by atoms with E-state index in [0.29, 0.717) is 22.3 Å². The molecule has 0 bridgehead atoms. The van der Waals surface area contributed by atoms with Gasteiger partial charge in [0.05, 0.1) is 11.7 Å². The Bertz CT molecular complexity index is 1310. The van der Waals surface area contributed by atoms with Crippen LogP contribution in [0.3, 0.4) is 0 Å². The number of hydrogen-bond donors (Lipinski definition) is 1. The maximum atomic E-state index is 13.4. The highest BCUT2D eigenvalue weighted by Crippen LogP contribution is 2.30. The van der Waals surface area contributed by atoms with Crippen molar-refractivity contribution in [3.05, 3.63) is 87.0 Å². The fourth-order valence-electron chi connectivity index (χ4n) is 3.40. The van der Waals surface area contributed by atoms with E-state index in [4.69, 9.17) is 0 Å². The van der Waals surface area contributed by atoms with Crippen molar-refractivity contribution in [2.24, 2.45) is 0 Å². The lowest BCUT2D eigenvalue weighted by Crippen LogP contribution is -2.27. The van der Waals surface area contributed by atoms with Gasteiger partial charge in [0.15, 0.2) is 0 Å². The number of nitrogens with zero attached hydrogens (tertiary/aromatic N) is 2. The van der Waals surface area contributed by atoms with Gasteiger partial charge >= 0.3 is 0 Å². The number of fused-ring (bicyclic) bond motifs is 1. The van der Waals surface area contributed by atoms with Crippen molar-refractivity contribution in [2.75, 3.05) is 0 Å². The topological polar surface area (TPSA) is 64.0 Å². The van der Waals surface area contributed by atoms with Crippen LogP contribution < -0.4 is 10.9 Å². The standard InChI is InChI=1S/C24H22FN3O2S/c1-15-3-6-18(7-4-15)19-13-31-23-22(19)24(30)28(14-27-23)10-9-21(29)26-12-17-5-8-20(25)16(2)11-17/h3-8,11,13-14H,9-10,12H2,1-2H3,(H,26,29). The van der Waals surface area contributed by atoms with Crippen LogP contribution >= 0.6 is 11.3 Å². The molecule has 1 amide bonds. The van der Waals surface area contributed by atoms with Gasteiger partial charge in [-0.2, -0.15) is 0 Å². The second-order valence-electron chi connectivity index (χ2n) is 7.55. The number of amides is 1. The summed E-state index contributed by atoms with van der Waals surface area (Å²) in [6.45, 7) is 4.26. The molecule has 2 aromatic heterocycles. The Labute approximate surface area is 183 Å². The zero-order chi connectivity index (χ0) is 22.0. The smallest absolute Gasteiger partial charge is 0.262 e. The lowest BCUT2D eigenvalue weighted by Gasteiger charge is -2.08. The Morgan fingerprint density at radius 3 is 2.68 bits per heavy atom. The van der Waals surface area contributed by atoms with E-state index >= 15 is 0 Å². The number of benzene rings is 2. The third-order valence-electron chi connectivity index (χ3n) is 5.22. The van der Waals surface area contributed by atoms with Crippen LogP contribution in [-0.2, 0) is 17.9 Å². The molecule has 0 aliphatic carbocycles. The van der Waals surface area contributed by atoms with Gasteiger partial charge in [-0.1, -0.05) is 42.0 Å². The van der Waals surface area contributed by atoms with E-state index in [1.165, 1.54) is 28.3 Å². The lowest BCUT2D eigenvalue weighted by molar-refractivity contribution is -0.121. The van der Waals surface area contributed by atoms with Gasteiger partial charge in [0, 0.05) is 30.5 Å². The first-order valence-corrected chi connectivity index (χ1v) is 10.9. The number of nitrogens with one attached hydrogen (secondary N) is 1. The molecule has 0 atom stereocenters. The summed E-state index contributed by atoms with van der Waals surface area (Å²) >= 11 is 1.44. The largest absolute Gasteiger partial charge is 0.352 e. The van der Waals surface area contributed by atoms with Crippen LogP contribution in [-0.4, -0.2) is 15.5 Å². The number of aryl methyl sites for hydroxylation is 3. The number of rotatable bonds is 6. The third-order valence-corrected chi connectivity index (χ3v) is 6.10. The van der Waals surface area contributed by atoms with Crippen LogP contribution in [0.25, 0.3) is 21.3 Å². The number of thiophene rings is 1. The Kier molecular flexibility index (Phi) is 5.95. The number of aromatic nitrogens is 2. The highest BCUT2D eigenvalue weighted by atomic mass is 32.1. The van der Waals surface area contributed by atoms with Crippen LogP contribution in [0.2, 0.25) is 0 Å².